The van der Waals surface area contributed by atoms with Gasteiger partial charge in [0.15, 0.2) is 0 Å². The summed E-state index contributed by atoms with van der Waals surface area (Å²) < 4.78 is 3.97. The molecule has 0 saturated heterocycles. The number of ether oxygens (including phenoxy) is 1. The molecule has 1 rings (SSSR count). The Morgan fingerprint density at radius 3 is 1.58 bits per heavy atom. The van der Waals surface area contributed by atoms with Crippen molar-refractivity contribution in [3.8, 4) is 0 Å². The van der Waals surface area contributed by atoms with E-state index in [1.54, 1.807) is 0 Å². The fourth-order valence-corrected chi connectivity index (χ4v) is 0.303. The van der Waals surface area contributed by atoms with Crippen LogP contribution in [0, 0.1) is 0 Å². The van der Waals surface area contributed by atoms with Gasteiger partial charge in [-0.3, -0.25) is 0 Å². The van der Waals surface area contributed by atoms with Gasteiger partial charge in [-0.1, -0.05) is 5.57 Å². The van der Waals surface area contributed by atoms with E-state index >= 15 is 0 Å². The van der Waals surface area contributed by atoms with E-state index in [9.17, 15) is 9.59 Å². The Labute approximate surface area is 93.8 Å². The SMILES string of the molecule is C=C(C)C.O=C1C=CC(=O)O1.[Na]. The molecular formula is C8H10NaO3. The van der Waals surface area contributed by atoms with Gasteiger partial charge in [0.25, 0.3) is 0 Å². The molecule has 3 nitrogen and oxygen atoms in total. The summed E-state index contributed by atoms with van der Waals surface area (Å²) in [7, 11) is 0. The van der Waals surface area contributed by atoms with Crippen molar-refractivity contribution in [2.45, 2.75) is 13.8 Å². The molecule has 0 amide bonds. The predicted octanol–water partition coefficient (Wildman–Crippen LogP) is 0.828. The topological polar surface area (TPSA) is 43.4 Å². The molecule has 0 fully saturated rings. The molecule has 0 spiro atoms. The largest absolute Gasteiger partial charge is 0.387 e. The van der Waals surface area contributed by atoms with Gasteiger partial charge in [0.2, 0.25) is 0 Å². The van der Waals surface area contributed by atoms with Crippen LogP contribution < -0.4 is 0 Å². The van der Waals surface area contributed by atoms with Crippen LogP contribution in [0.2, 0.25) is 0 Å². The molecule has 61 valence electrons. The smallest absolute Gasteiger partial charge is 0.338 e. The van der Waals surface area contributed by atoms with E-state index in [0.717, 1.165) is 12.2 Å². The molecule has 0 saturated carbocycles. The third-order valence-corrected chi connectivity index (χ3v) is 0.557. The van der Waals surface area contributed by atoms with Crippen LogP contribution in [-0.2, 0) is 14.3 Å². The van der Waals surface area contributed by atoms with E-state index in [4.69, 9.17) is 0 Å². The first kappa shape index (κ1) is 14.2. The minimum atomic E-state index is -0.579. The fourth-order valence-electron chi connectivity index (χ4n) is 0.303. The number of hydrogen-bond acceptors (Lipinski definition) is 3. The average molecular weight is 177 g/mol. The maximum absolute atomic E-state index is 9.92. The Balaban J connectivity index is 0. The van der Waals surface area contributed by atoms with Gasteiger partial charge in [-0.2, -0.15) is 0 Å². The Morgan fingerprint density at radius 1 is 1.25 bits per heavy atom. The van der Waals surface area contributed by atoms with E-state index in [0.29, 0.717) is 0 Å². The first-order chi connectivity index (χ1) is 5.02. The molecule has 0 atom stereocenters. The molecule has 0 unspecified atom stereocenters. The second-order valence-electron chi connectivity index (χ2n) is 2.28. The zero-order valence-corrected chi connectivity index (χ0v) is 9.59. The van der Waals surface area contributed by atoms with Crippen LogP contribution in [0.4, 0.5) is 0 Å². The van der Waals surface area contributed by atoms with Crippen molar-refractivity contribution >= 4 is 41.5 Å². The zero-order valence-electron chi connectivity index (χ0n) is 7.59. The van der Waals surface area contributed by atoms with Crippen molar-refractivity contribution in [1.29, 1.82) is 0 Å². The molecule has 1 radical (unpaired) electrons. The summed E-state index contributed by atoms with van der Waals surface area (Å²) >= 11 is 0. The van der Waals surface area contributed by atoms with Crippen molar-refractivity contribution in [2.24, 2.45) is 0 Å². The van der Waals surface area contributed by atoms with E-state index in [1.165, 1.54) is 5.57 Å². The van der Waals surface area contributed by atoms with E-state index in [-0.39, 0.29) is 29.6 Å². The minimum absolute atomic E-state index is 0. The van der Waals surface area contributed by atoms with Gasteiger partial charge in [0.1, 0.15) is 0 Å². The summed E-state index contributed by atoms with van der Waals surface area (Å²) in [4.78, 5) is 19.8. The zero-order chi connectivity index (χ0) is 8.85. The molecule has 0 bridgehead atoms. The number of carbonyl (C=O) groups is 2. The molecule has 0 aromatic rings. The maximum atomic E-state index is 9.92. The average Bonchev–Trinajstić information content (AvgIpc) is 2.13. The van der Waals surface area contributed by atoms with Crippen molar-refractivity contribution in [3.63, 3.8) is 0 Å². The Bertz CT molecular complexity index is 198. The summed E-state index contributed by atoms with van der Waals surface area (Å²) in [6.07, 6.45) is 2.17. The molecule has 0 aromatic carbocycles. The summed E-state index contributed by atoms with van der Waals surface area (Å²) in [6, 6.07) is 0. The first-order valence-corrected chi connectivity index (χ1v) is 3.08. The second kappa shape index (κ2) is 7.28. The summed E-state index contributed by atoms with van der Waals surface area (Å²) in [5.74, 6) is -1.16. The van der Waals surface area contributed by atoms with Crippen LogP contribution in [-0.4, -0.2) is 41.5 Å². The van der Waals surface area contributed by atoms with Crippen molar-refractivity contribution in [3.05, 3.63) is 24.3 Å². The van der Waals surface area contributed by atoms with Crippen molar-refractivity contribution in [2.75, 3.05) is 0 Å². The van der Waals surface area contributed by atoms with Crippen LogP contribution in [0.25, 0.3) is 0 Å². The Hall–Kier alpha value is -0.380. The summed E-state index contributed by atoms with van der Waals surface area (Å²) in [6.45, 7) is 7.50. The van der Waals surface area contributed by atoms with Crippen LogP contribution >= 0.6 is 0 Å². The molecule has 1 aliphatic rings. The normalized spacial score (nSPS) is 12.5. The predicted molar refractivity (Wildman–Crippen MR) is 46.5 cm³/mol. The van der Waals surface area contributed by atoms with Gasteiger partial charge in [-0.05, 0) is 13.8 Å². The van der Waals surface area contributed by atoms with Crippen LogP contribution in [0.1, 0.15) is 13.8 Å². The molecular weight excluding hydrogens is 167 g/mol. The fraction of sp³-hybridized carbons (Fsp3) is 0.250. The van der Waals surface area contributed by atoms with Crippen LogP contribution in [0.5, 0.6) is 0 Å². The Kier molecular flexibility index (Phi) is 8.59. The van der Waals surface area contributed by atoms with Gasteiger partial charge in [-0.25, -0.2) is 9.59 Å². The number of rotatable bonds is 0. The molecule has 12 heavy (non-hydrogen) atoms. The number of allylic oxidation sites excluding steroid dienone is 1. The number of hydrogen-bond donors (Lipinski definition) is 0. The van der Waals surface area contributed by atoms with Gasteiger partial charge in [0.05, 0.1) is 0 Å². The first-order valence-electron chi connectivity index (χ1n) is 3.08. The van der Waals surface area contributed by atoms with Gasteiger partial charge in [0, 0.05) is 41.7 Å². The molecule has 0 aromatic heterocycles. The third-order valence-electron chi connectivity index (χ3n) is 0.557. The van der Waals surface area contributed by atoms with Gasteiger partial charge in [-0.15, -0.1) is 6.58 Å². The third kappa shape index (κ3) is 9.62. The minimum Gasteiger partial charge on any atom is -0.387 e. The number of esters is 2. The van der Waals surface area contributed by atoms with E-state index in [1.807, 2.05) is 13.8 Å². The van der Waals surface area contributed by atoms with Gasteiger partial charge >= 0.3 is 11.9 Å². The molecule has 0 N–H and O–H groups in total. The summed E-state index contributed by atoms with van der Waals surface area (Å²) in [5.41, 5.74) is 1.17. The molecule has 0 aliphatic carbocycles. The number of carbonyl (C=O) groups excluding carboxylic acids is 2. The number of cyclic esters (lactones) is 2. The van der Waals surface area contributed by atoms with Gasteiger partial charge < -0.3 is 4.74 Å². The summed E-state index contributed by atoms with van der Waals surface area (Å²) in [5, 5.41) is 0. The standard InChI is InChI=1S/C4H2O3.C4H8.Na/c5-3-1-2-4(6)7-3;1-4(2)3;/h1-2H;1H2,2-3H3;. The molecule has 1 heterocycles. The Morgan fingerprint density at radius 2 is 1.50 bits per heavy atom. The van der Waals surface area contributed by atoms with Crippen molar-refractivity contribution in [1.82, 2.24) is 0 Å². The monoisotopic (exact) mass is 177 g/mol. The molecule has 1 aliphatic heterocycles. The van der Waals surface area contributed by atoms with E-state index < -0.39 is 11.9 Å². The maximum Gasteiger partial charge on any atom is 0.338 e. The van der Waals surface area contributed by atoms with Crippen molar-refractivity contribution < 1.29 is 14.3 Å². The van der Waals surface area contributed by atoms with Crippen LogP contribution in [0.15, 0.2) is 24.3 Å². The van der Waals surface area contributed by atoms with Crippen LogP contribution in [0.3, 0.4) is 0 Å². The molecule has 4 heteroatoms. The van der Waals surface area contributed by atoms with E-state index in [2.05, 4.69) is 11.3 Å². The quantitative estimate of drug-likeness (QED) is 0.238. The second-order valence-corrected chi connectivity index (χ2v) is 2.28.